The van der Waals surface area contributed by atoms with Crippen LogP contribution in [-0.4, -0.2) is 34.6 Å². The van der Waals surface area contributed by atoms with E-state index >= 15 is 0 Å². The Hall–Kier alpha value is -1.98. The smallest absolute Gasteiger partial charge is 0.243 e. The van der Waals surface area contributed by atoms with Crippen LogP contribution in [0.25, 0.3) is 0 Å². The highest BCUT2D eigenvalue weighted by Crippen LogP contribution is 2.22. The molecule has 150 valence electrons. The summed E-state index contributed by atoms with van der Waals surface area (Å²) in [4.78, 5) is 28.5. The first kappa shape index (κ1) is 22.3. The van der Waals surface area contributed by atoms with E-state index in [1.165, 1.54) is 11.8 Å². The minimum Gasteiger partial charge on any atom is -0.352 e. The van der Waals surface area contributed by atoms with E-state index in [2.05, 4.69) is 5.32 Å². The number of carbonyl (C=O) groups is 2. The Kier molecular flexibility index (Phi) is 8.87. The van der Waals surface area contributed by atoms with Gasteiger partial charge in [-0.1, -0.05) is 54.9 Å². The summed E-state index contributed by atoms with van der Waals surface area (Å²) in [6.45, 7) is 6.05. The summed E-state index contributed by atoms with van der Waals surface area (Å²) < 4.78 is 0. The van der Waals surface area contributed by atoms with Crippen molar-refractivity contribution in [2.75, 3.05) is 5.75 Å². The Bertz CT molecular complexity index is 783. The van der Waals surface area contributed by atoms with Gasteiger partial charge in [-0.3, -0.25) is 9.59 Å². The van der Waals surface area contributed by atoms with Crippen molar-refractivity contribution >= 4 is 35.2 Å². The molecular formula is C22H27ClN2O2S. The molecule has 28 heavy (non-hydrogen) atoms. The molecular weight excluding hydrogens is 392 g/mol. The van der Waals surface area contributed by atoms with Crippen molar-refractivity contribution in [3.63, 3.8) is 0 Å². The summed E-state index contributed by atoms with van der Waals surface area (Å²) in [6.07, 6.45) is 0.532. The van der Waals surface area contributed by atoms with Gasteiger partial charge in [-0.25, -0.2) is 0 Å². The molecule has 0 saturated heterocycles. The van der Waals surface area contributed by atoms with Crippen molar-refractivity contribution in [2.45, 2.75) is 50.7 Å². The van der Waals surface area contributed by atoms with Gasteiger partial charge in [0.2, 0.25) is 11.8 Å². The van der Waals surface area contributed by atoms with Gasteiger partial charge in [-0.15, -0.1) is 11.8 Å². The van der Waals surface area contributed by atoms with Crippen molar-refractivity contribution in [3.05, 3.63) is 65.2 Å². The first-order valence-corrected chi connectivity index (χ1v) is 10.8. The van der Waals surface area contributed by atoms with Crippen LogP contribution in [0.15, 0.2) is 59.5 Å². The van der Waals surface area contributed by atoms with Gasteiger partial charge in [0, 0.05) is 22.5 Å². The molecule has 0 aromatic heterocycles. The summed E-state index contributed by atoms with van der Waals surface area (Å²) >= 11 is 7.78. The Labute approximate surface area is 176 Å². The second-order valence-electron chi connectivity index (χ2n) is 6.80. The van der Waals surface area contributed by atoms with Crippen LogP contribution in [0.1, 0.15) is 32.8 Å². The minimum absolute atomic E-state index is 0.0116. The normalized spacial score (nSPS) is 11.9. The lowest BCUT2D eigenvalue weighted by atomic mass is 10.1. The predicted molar refractivity (Wildman–Crippen MR) is 117 cm³/mol. The van der Waals surface area contributed by atoms with E-state index in [0.29, 0.717) is 18.0 Å². The van der Waals surface area contributed by atoms with Gasteiger partial charge in [0.25, 0.3) is 0 Å². The molecule has 0 aliphatic heterocycles. The molecule has 0 radical (unpaired) electrons. The number of carbonyl (C=O) groups excluding carboxylic acids is 2. The maximum atomic E-state index is 13.1. The first-order valence-electron chi connectivity index (χ1n) is 9.43. The van der Waals surface area contributed by atoms with Gasteiger partial charge >= 0.3 is 0 Å². The lowest BCUT2D eigenvalue weighted by Crippen LogP contribution is -2.51. The number of hydrogen-bond donors (Lipinski definition) is 1. The van der Waals surface area contributed by atoms with Crippen LogP contribution in [0, 0.1) is 0 Å². The molecule has 0 aliphatic rings. The van der Waals surface area contributed by atoms with E-state index in [9.17, 15) is 9.59 Å². The first-order chi connectivity index (χ1) is 13.4. The Morgan fingerprint density at radius 3 is 2.32 bits per heavy atom. The standard InChI is InChI=1S/C22H27ClN2O2S/c1-4-20(22(27)24-16(2)3)25(14-17-10-8-9-13-19(17)23)21(26)15-28-18-11-6-5-7-12-18/h5-13,16,20H,4,14-15H2,1-3H3,(H,24,27)/t20-/m1/s1. The van der Waals surface area contributed by atoms with Crippen LogP contribution in [0.5, 0.6) is 0 Å². The van der Waals surface area contributed by atoms with Crippen LogP contribution < -0.4 is 5.32 Å². The van der Waals surface area contributed by atoms with Crippen LogP contribution in [0.4, 0.5) is 0 Å². The highest BCUT2D eigenvalue weighted by molar-refractivity contribution is 8.00. The number of amides is 2. The zero-order valence-corrected chi connectivity index (χ0v) is 18.1. The molecule has 0 bridgehead atoms. The largest absolute Gasteiger partial charge is 0.352 e. The number of rotatable bonds is 9. The van der Waals surface area contributed by atoms with E-state index in [0.717, 1.165) is 10.5 Å². The molecule has 0 unspecified atom stereocenters. The summed E-state index contributed by atoms with van der Waals surface area (Å²) in [6, 6.07) is 16.7. The van der Waals surface area contributed by atoms with Gasteiger partial charge in [0.1, 0.15) is 6.04 Å². The molecule has 0 heterocycles. The quantitative estimate of drug-likeness (QED) is 0.597. The third-order valence-corrected chi connectivity index (χ3v) is 5.59. The van der Waals surface area contributed by atoms with Gasteiger partial charge in [0.15, 0.2) is 0 Å². The van der Waals surface area contributed by atoms with Crippen molar-refractivity contribution in [3.8, 4) is 0 Å². The van der Waals surface area contributed by atoms with E-state index < -0.39 is 6.04 Å². The van der Waals surface area contributed by atoms with Crippen LogP contribution in [-0.2, 0) is 16.1 Å². The molecule has 2 amide bonds. The summed E-state index contributed by atoms with van der Waals surface area (Å²) in [5.74, 6) is 0.0436. The molecule has 4 nitrogen and oxygen atoms in total. The SMILES string of the molecule is CC[C@H](C(=O)NC(C)C)N(Cc1ccccc1Cl)C(=O)CSc1ccccc1. The Morgan fingerprint density at radius 2 is 1.71 bits per heavy atom. The third kappa shape index (κ3) is 6.57. The van der Waals surface area contributed by atoms with Crippen molar-refractivity contribution in [1.82, 2.24) is 10.2 Å². The van der Waals surface area contributed by atoms with E-state index in [1.54, 1.807) is 11.0 Å². The number of thioether (sulfide) groups is 1. The highest BCUT2D eigenvalue weighted by Gasteiger charge is 2.29. The number of halogens is 1. The van der Waals surface area contributed by atoms with Gasteiger partial charge in [-0.2, -0.15) is 0 Å². The average molecular weight is 419 g/mol. The van der Waals surface area contributed by atoms with Crippen molar-refractivity contribution in [1.29, 1.82) is 0 Å². The Balaban J connectivity index is 2.22. The zero-order chi connectivity index (χ0) is 20.5. The number of nitrogens with one attached hydrogen (secondary N) is 1. The Morgan fingerprint density at radius 1 is 1.07 bits per heavy atom. The average Bonchev–Trinajstić information content (AvgIpc) is 2.67. The number of benzene rings is 2. The fourth-order valence-electron chi connectivity index (χ4n) is 2.86. The maximum Gasteiger partial charge on any atom is 0.243 e. The third-order valence-electron chi connectivity index (χ3n) is 4.22. The summed E-state index contributed by atoms with van der Waals surface area (Å²) in [5.41, 5.74) is 0.832. The van der Waals surface area contributed by atoms with E-state index in [1.807, 2.05) is 69.3 Å². The predicted octanol–water partition coefficient (Wildman–Crippen LogP) is 4.76. The minimum atomic E-state index is -0.539. The molecule has 0 fully saturated rings. The van der Waals surface area contributed by atoms with E-state index in [4.69, 9.17) is 11.6 Å². The molecule has 2 aromatic rings. The monoisotopic (exact) mass is 418 g/mol. The van der Waals surface area contributed by atoms with Crippen LogP contribution in [0.2, 0.25) is 5.02 Å². The topological polar surface area (TPSA) is 49.4 Å². The lowest BCUT2D eigenvalue weighted by Gasteiger charge is -2.31. The molecule has 0 saturated carbocycles. The van der Waals surface area contributed by atoms with Gasteiger partial charge in [-0.05, 0) is 44.0 Å². The molecule has 0 aliphatic carbocycles. The molecule has 6 heteroatoms. The molecule has 0 spiro atoms. The lowest BCUT2D eigenvalue weighted by molar-refractivity contribution is -0.139. The number of nitrogens with zero attached hydrogens (tertiary/aromatic N) is 1. The number of hydrogen-bond acceptors (Lipinski definition) is 3. The van der Waals surface area contributed by atoms with Crippen molar-refractivity contribution < 1.29 is 9.59 Å². The second-order valence-corrected chi connectivity index (χ2v) is 8.26. The molecule has 1 atom stereocenters. The second kappa shape index (κ2) is 11.1. The van der Waals surface area contributed by atoms with Crippen LogP contribution >= 0.6 is 23.4 Å². The summed E-state index contributed by atoms with van der Waals surface area (Å²) in [7, 11) is 0. The molecule has 2 rings (SSSR count). The van der Waals surface area contributed by atoms with Crippen LogP contribution in [0.3, 0.4) is 0 Å². The fraction of sp³-hybridized carbons (Fsp3) is 0.364. The highest BCUT2D eigenvalue weighted by atomic mass is 35.5. The summed E-state index contributed by atoms with van der Waals surface area (Å²) in [5, 5.41) is 3.52. The zero-order valence-electron chi connectivity index (χ0n) is 16.5. The fourth-order valence-corrected chi connectivity index (χ4v) is 3.86. The van der Waals surface area contributed by atoms with E-state index in [-0.39, 0.29) is 23.6 Å². The van der Waals surface area contributed by atoms with Gasteiger partial charge < -0.3 is 10.2 Å². The molecule has 1 N–H and O–H groups in total. The molecule has 2 aromatic carbocycles. The van der Waals surface area contributed by atoms with Crippen molar-refractivity contribution in [2.24, 2.45) is 0 Å². The van der Waals surface area contributed by atoms with Gasteiger partial charge in [0.05, 0.1) is 5.75 Å². The maximum absolute atomic E-state index is 13.1.